The van der Waals surface area contributed by atoms with Gasteiger partial charge in [-0.3, -0.25) is 4.79 Å². The van der Waals surface area contributed by atoms with E-state index in [4.69, 9.17) is 4.74 Å². The van der Waals surface area contributed by atoms with Crippen molar-refractivity contribution >= 4 is 17.4 Å². The lowest BCUT2D eigenvalue weighted by molar-refractivity contribution is 0.0948. The van der Waals surface area contributed by atoms with Crippen LogP contribution in [0.1, 0.15) is 16.8 Å². The van der Waals surface area contributed by atoms with Gasteiger partial charge in [0.25, 0.3) is 5.91 Å². The molecular weight excluding hydrogens is 323 g/mol. The van der Waals surface area contributed by atoms with E-state index in [1.807, 2.05) is 0 Å². The predicted octanol–water partition coefficient (Wildman–Crippen LogP) is 3.01. The summed E-state index contributed by atoms with van der Waals surface area (Å²) in [5.41, 5.74) is 0.0203. The first kappa shape index (κ1) is 17.7. The highest BCUT2D eigenvalue weighted by Crippen LogP contribution is 2.22. The Morgan fingerprint density at radius 1 is 1.21 bits per heavy atom. The van der Waals surface area contributed by atoms with Crippen molar-refractivity contribution in [2.75, 3.05) is 25.6 Å². The first-order chi connectivity index (χ1) is 11.5. The van der Waals surface area contributed by atoms with Gasteiger partial charge < -0.3 is 15.4 Å². The molecule has 0 aliphatic heterocycles. The molecule has 2 N–H and O–H groups in total. The van der Waals surface area contributed by atoms with Gasteiger partial charge in [-0.2, -0.15) is 0 Å². The van der Waals surface area contributed by atoms with Crippen LogP contribution < -0.4 is 10.6 Å². The number of pyridine rings is 1. The normalized spacial score (nSPS) is 10.5. The third kappa shape index (κ3) is 4.45. The second-order valence-corrected chi connectivity index (χ2v) is 4.88. The van der Waals surface area contributed by atoms with Gasteiger partial charge in [0, 0.05) is 32.0 Å². The molecule has 24 heavy (non-hydrogen) atoms. The van der Waals surface area contributed by atoms with Crippen LogP contribution in [-0.2, 0) is 4.74 Å². The van der Waals surface area contributed by atoms with E-state index in [0.29, 0.717) is 25.1 Å². The molecule has 1 amide bonds. The van der Waals surface area contributed by atoms with E-state index in [9.17, 15) is 18.0 Å². The Kier molecular flexibility index (Phi) is 6.14. The lowest BCUT2D eigenvalue weighted by atomic mass is 10.2. The molecular formula is C16H16F3N3O2. The van der Waals surface area contributed by atoms with Crippen molar-refractivity contribution in [2.24, 2.45) is 0 Å². The number of methoxy groups -OCH3 is 1. The number of aromatic nitrogens is 1. The van der Waals surface area contributed by atoms with Crippen molar-refractivity contribution in [2.45, 2.75) is 6.42 Å². The molecule has 0 radical (unpaired) electrons. The number of amides is 1. The minimum atomic E-state index is -1.58. The molecule has 0 bridgehead atoms. The van der Waals surface area contributed by atoms with Crippen LogP contribution >= 0.6 is 0 Å². The minimum absolute atomic E-state index is 0.129. The molecule has 1 heterocycles. The van der Waals surface area contributed by atoms with Gasteiger partial charge in [-0.25, -0.2) is 18.2 Å². The maximum absolute atomic E-state index is 13.6. The number of nitrogens with one attached hydrogen (secondary N) is 2. The van der Waals surface area contributed by atoms with Gasteiger partial charge in [-0.15, -0.1) is 0 Å². The van der Waals surface area contributed by atoms with E-state index < -0.39 is 17.5 Å². The quantitative estimate of drug-likeness (QED) is 0.601. The highest BCUT2D eigenvalue weighted by Gasteiger charge is 2.14. The van der Waals surface area contributed by atoms with Crippen LogP contribution in [0.15, 0.2) is 30.5 Å². The Labute approximate surface area is 136 Å². The highest BCUT2D eigenvalue weighted by atomic mass is 19.2. The van der Waals surface area contributed by atoms with Crippen LogP contribution in [0.25, 0.3) is 0 Å². The van der Waals surface area contributed by atoms with E-state index in [2.05, 4.69) is 15.6 Å². The molecule has 0 aliphatic carbocycles. The molecule has 0 spiro atoms. The summed E-state index contributed by atoms with van der Waals surface area (Å²) in [6.07, 6.45) is 2.02. The molecule has 0 saturated carbocycles. The molecule has 0 unspecified atom stereocenters. The van der Waals surface area contributed by atoms with E-state index in [1.165, 1.54) is 18.3 Å². The summed E-state index contributed by atoms with van der Waals surface area (Å²) in [5.74, 6) is -4.42. The van der Waals surface area contributed by atoms with Gasteiger partial charge in [0.05, 0.1) is 5.69 Å². The van der Waals surface area contributed by atoms with E-state index in [-0.39, 0.29) is 17.4 Å². The molecule has 2 aromatic rings. The monoisotopic (exact) mass is 339 g/mol. The zero-order valence-electron chi connectivity index (χ0n) is 12.9. The average Bonchev–Trinajstić information content (AvgIpc) is 2.59. The SMILES string of the molecule is COCCCNC(=O)c1ccnc(Nc2ccc(F)c(F)c2F)c1. The molecule has 0 aliphatic rings. The number of benzene rings is 1. The third-order valence-corrected chi connectivity index (χ3v) is 3.13. The summed E-state index contributed by atoms with van der Waals surface area (Å²) in [7, 11) is 1.57. The van der Waals surface area contributed by atoms with Gasteiger partial charge in [0.15, 0.2) is 17.5 Å². The van der Waals surface area contributed by atoms with Crippen molar-refractivity contribution in [3.05, 3.63) is 53.5 Å². The number of carbonyl (C=O) groups excluding carboxylic acids is 1. The van der Waals surface area contributed by atoms with Gasteiger partial charge in [0.2, 0.25) is 0 Å². The molecule has 0 saturated heterocycles. The largest absolute Gasteiger partial charge is 0.385 e. The fraction of sp³-hybridized carbons (Fsp3) is 0.250. The summed E-state index contributed by atoms with van der Waals surface area (Å²) in [5, 5.41) is 5.21. The topological polar surface area (TPSA) is 63.2 Å². The van der Waals surface area contributed by atoms with Gasteiger partial charge in [-0.1, -0.05) is 0 Å². The molecule has 1 aromatic heterocycles. The van der Waals surface area contributed by atoms with Crippen molar-refractivity contribution in [1.29, 1.82) is 0 Å². The molecule has 0 atom stereocenters. The molecule has 1 aromatic carbocycles. The number of halogens is 3. The number of anilines is 2. The van der Waals surface area contributed by atoms with Crippen LogP contribution in [-0.4, -0.2) is 31.2 Å². The van der Waals surface area contributed by atoms with Crippen molar-refractivity contribution in [1.82, 2.24) is 10.3 Å². The fourth-order valence-corrected chi connectivity index (χ4v) is 1.92. The van der Waals surface area contributed by atoms with Crippen LogP contribution in [0.4, 0.5) is 24.7 Å². The Morgan fingerprint density at radius 2 is 2.00 bits per heavy atom. The molecule has 0 fully saturated rings. The van der Waals surface area contributed by atoms with Gasteiger partial charge >= 0.3 is 0 Å². The fourth-order valence-electron chi connectivity index (χ4n) is 1.92. The molecule has 2 rings (SSSR count). The zero-order chi connectivity index (χ0) is 17.5. The summed E-state index contributed by atoms with van der Waals surface area (Å²) in [4.78, 5) is 15.9. The number of hydrogen-bond acceptors (Lipinski definition) is 4. The second-order valence-electron chi connectivity index (χ2n) is 4.88. The lowest BCUT2D eigenvalue weighted by Crippen LogP contribution is -2.25. The second kappa shape index (κ2) is 8.30. The standard InChI is InChI=1S/C16H16F3N3O2/c1-24-8-2-6-21-16(23)10-5-7-20-13(9-10)22-12-4-3-11(17)14(18)15(12)19/h3-5,7,9H,2,6,8H2,1H3,(H,20,22)(H,21,23). The number of rotatable bonds is 7. The Hall–Kier alpha value is -2.61. The number of hydrogen-bond donors (Lipinski definition) is 2. The van der Waals surface area contributed by atoms with E-state index >= 15 is 0 Å². The van der Waals surface area contributed by atoms with E-state index in [0.717, 1.165) is 12.1 Å². The Balaban J connectivity index is 2.08. The first-order valence-corrected chi connectivity index (χ1v) is 7.16. The number of ether oxygens (including phenoxy) is 1. The lowest BCUT2D eigenvalue weighted by Gasteiger charge is -2.09. The van der Waals surface area contributed by atoms with E-state index in [1.54, 1.807) is 7.11 Å². The van der Waals surface area contributed by atoms with Gasteiger partial charge in [0.1, 0.15) is 5.82 Å². The summed E-state index contributed by atoms with van der Waals surface area (Å²) in [6, 6.07) is 4.71. The van der Waals surface area contributed by atoms with Gasteiger partial charge in [-0.05, 0) is 30.7 Å². The minimum Gasteiger partial charge on any atom is -0.385 e. The summed E-state index contributed by atoms with van der Waals surface area (Å²) in [6.45, 7) is 0.967. The highest BCUT2D eigenvalue weighted by molar-refractivity contribution is 5.94. The van der Waals surface area contributed by atoms with Crippen LogP contribution in [0.2, 0.25) is 0 Å². The molecule has 8 heteroatoms. The first-order valence-electron chi connectivity index (χ1n) is 7.16. The molecule has 5 nitrogen and oxygen atoms in total. The van der Waals surface area contributed by atoms with Crippen LogP contribution in [0.5, 0.6) is 0 Å². The summed E-state index contributed by atoms with van der Waals surface area (Å²) < 4.78 is 44.7. The number of carbonyl (C=O) groups is 1. The number of nitrogens with zero attached hydrogens (tertiary/aromatic N) is 1. The summed E-state index contributed by atoms with van der Waals surface area (Å²) >= 11 is 0. The van der Waals surface area contributed by atoms with Crippen LogP contribution in [0.3, 0.4) is 0 Å². The Morgan fingerprint density at radius 3 is 2.75 bits per heavy atom. The maximum atomic E-state index is 13.6. The Bertz CT molecular complexity index is 726. The smallest absolute Gasteiger partial charge is 0.251 e. The maximum Gasteiger partial charge on any atom is 0.251 e. The zero-order valence-corrected chi connectivity index (χ0v) is 12.9. The van der Waals surface area contributed by atoms with Crippen molar-refractivity contribution < 1.29 is 22.7 Å². The van der Waals surface area contributed by atoms with Crippen LogP contribution in [0, 0.1) is 17.5 Å². The molecule has 128 valence electrons. The van der Waals surface area contributed by atoms with Crippen molar-refractivity contribution in [3.63, 3.8) is 0 Å². The van der Waals surface area contributed by atoms with Crippen molar-refractivity contribution in [3.8, 4) is 0 Å². The average molecular weight is 339 g/mol. The third-order valence-electron chi connectivity index (χ3n) is 3.13. The predicted molar refractivity (Wildman–Crippen MR) is 82.7 cm³/mol.